The lowest BCUT2D eigenvalue weighted by atomic mass is 10.2. The van der Waals surface area contributed by atoms with Crippen molar-refractivity contribution in [3.63, 3.8) is 0 Å². The van der Waals surface area contributed by atoms with E-state index in [1.54, 1.807) is 0 Å². The summed E-state index contributed by atoms with van der Waals surface area (Å²) in [5.41, 5.74) is -2.31. The van der Waals surface area contributed by atoms with Gasteiger partial charge in [0.25, 0.3) is 0 Å². The van der Waals surface area contributed by atoms with E-state index in [2.05, 4.69) is 20.6 Å². The van der Waals surface area contributed by atoms with Crippen LogP contribution in [0.2, 0.25) is 0 Å². The molecule has 2 heterocycles. The third-order valence-corrected chi connectivity index (χ3v) is 2.27. The highest BCUT2D eigenvalue weighted by Gasteiger charge is 2.64. The summed E-state index contributed by atoms with van der Waals surface area (Å²) in [5.74, 6) is -7.60. The molecule has 0 amide bonds. The Morgan fingerprint density at radius 2 is 1.86 bits per heavy atom. The number of carbonyl (C=O) groups excluding carboxylic acids is 1. The quantitative estimate of drug-likeness (QED) is 0.457. The number of nitro groups is 1. The van der Waals surface area contributed by atoms with E-state index in [1.807, 2.05) is 0 Å². The molecule has 15 heteroatoms. The fourth-order valence-electron chi connectivity index (χ4n) is 1.31. The molecule has 10 nitrogen and oxygen atoms in total. The van der Waals surface area contributed by atoms with Gasteiger partial charge in [-0.1, -0.05) is 5.21 Å². The highest BCUT2D eigenvalue weighted by Crippen LogP contribution is 2.45. The number of carbonyl (C=O) groups is 1. The van der Waals surface area contributed by atoms with E-state index in [0.29, 0.717) is 4.68 Å². The maximum absolute atomic E-state index is 13.2. The largest absolute Gasteiger partial charge is 0.464 e. The van der Waals surface area contributed by atoms with Crippen molar-refractivity contribution in [2.45, 2.75) is 12.1 Å². The molecule has 0 aromatic carbocycles. The van der Waals surface area contributed by atoms with Crippen LogP contribution in [-0.2, 0) is 5.92 Å². The van der Waals surface area contributed by atoms with Crippen molar-refractivity contribution in [3.8, 4) is 0 Å². The maximum Gasteiger partial charge on any atom is 0.464 e. The number of halogens is 5. The molecule has 0 aliphatic heterocycles. The molecule has 0 N–H and O–H groups in total. The summed E-state index contributed by atoms with van der Waals surface area (Å²) in [6.45, 7) is 0. The maximum atomic E-state index is 13.2. The van der Waals surface area contributed by atoms with Crippen molar-refractivity contribution in [3.05, 3.63) is 28.2 Å². The van der Waals surface area contributed by atoms with E-state index in [9.17, 15) is 36.9 Å². The van der Waals surface area contributed by atoms with E-state index in [0.717, 1.165) is 12.4 Å². The molecule has 22 heavy (non-hydrogen) atoms. The van der Waals surface area contributed by atoms with Gasteiger partial charge in [-0.05, 0) is 9.61 Å². The molecule has 0 atom stereocenters. The summed E-state index contributed by atoms with van der Waals surface area (Å²) >= 11 is 0. The first kappa shape index (κ1) is 15.4. The highest BCUT2D eigenvalue weighted by molar-refractivity contribution is 5.79. The first-order chi connectivity index (χ1) is 10.1. The van der Waals surface area contributed by atoms with Gasteiger partial charge < -0.3 is 10.1 Å². The van der Waals surface area contributed by atoms with Crippen LogP contribution in [0.3, 0.4) is 0 Å². The van der Waals surface area contributed by atoms with Crippen molar-refractivity contribution in [2.24, 2.45) is 0 Å². The summed E-state index contributed by atoms with van der Waals surface area (Å²) in [6.07, 6.45) is -4.32. The fourth-order valence-corrected chi connectivity index (χ4v) is 1.31. The molecule has 0 aliphatic carbocycles. The minimum absolute atomic E-state index is 0.331. The Kier molecular flexibility index (Phi) is 3.34. The molecule has 0 radical (unpaired) electrons. The average molecular weight is 327 g/mol. The van der Waals surface area contributed by atoms with Gasteiger partial charge in [0.15, 0.2) is 0 Å². The lowest BCUT2D eigenvalue weighted by molar-refractivity contribution is -0.396. The highest BCUT2D eigenvalue weighted by atomic mass is 19.4. The van der Waals surface area contributed by atoms with Crippen LogP contribution >= 0.6 is 0 Å². The molecule has 0 fully saturated rings. The van der Waals surface area contributed by atoms with Crippen LogP contribution in [0, 0.1) is 10.1 Å². The smallest absolute Gasteiger partial charge is 0.358 e. The summed E-state index contributed by atoms with van der Waals surface area (Å²) in [6, 6.07) is -1.51. The topological polar surface area (TPSA) is 122 Å². The number of hydrogen-bond donors (Lipinski definition) is 0. The van der Waals surface area contributed by atoms with Gasteiger partial charge in [-0.25, -0.2) is 4.79 Å². The Bertz CT molecular complexity index is 721. The Morgan fingerprint density at radius 1 is 1.23 bits per heavy atom. The van der Waals surface area contributed by atoms with Gasteiger partial charge in [-0.15, -0.1) is 14.9 Å². The second kappa shape index (κ2) is 4.78. The summed E-state index contributed by atoms with van der Waals surface area (Å²) < 4.78 is 63.3. The minimum atomic E-state index is -6.16. The molecule has 0 saturated heterocycles. The lowest BCUT2D eigenvalue weighted by Gasteiger charge is -2.16. The zero-order valence-electron chi connectivity index (χ0n) is 9.90. The van der Waals surface area contributed by atoms with Gasteiger partial charge in [0, 0.05) is 5.21 Å². The lowest BCUT2D eigenvalue weighted by Crippen LogP contribution is -2.35. The van der Waals surface area contributed by atoms with E-state index < -0.39 is 34.6 Å². The predicted octanol–water partition coefficient (Wildman–Crippen LogP) is 0.948. The van der Waals surface area contributed by atoms with Crippen molar-refractivity contribution in [1.29, 1.82) is 0 Å². The predicted molar refractivity (Wildman–Crippen MR) is 52.8 cm³/mol. The second-order valence-corrected chi connectivity index (χ2v) is 3.63. The first-order valence-corrected chi connectivity index (χ1v) is 5.03. The number of nitrogens with zero attached hydrogens (tertiary/aromatic N) is 7. The molecular formula is C7H2F5N7O3. The SMILES string of the molecule is O=C(n1ccnn1)n1nnc(C(F)(F)C(F)(F)F)c1[N+](=O)[O-]. The number of rotatable bonds is 2. The molecule has 2 aromatic heterocycles. The molecule has 2 rings (SSSR count). The normalized spacial score (nSPS) is 12.4. The Morgan fingerprint density at radius 3 is 2.32 bits per heavy atom. The number of aromatic nitrogens is 6. The van der Waals surface area contributed by atoms with Crippen molar-refractivity contribution in [2.75, 3.05) is 0 Å². The van der Waals surface area contributed by atoms with Crippen LogP contribution in [0.25, 0.3) is 0 Å². The van der Waals surface area contributed by atoms with Crippen LogP contribution in [0.1, 0.15) is 5.69 Å². The molecule has 2 aromatic rings. The van der Waals surface area contributed by atoms with E-state index in [4.69, 9.17) is 0 Å². The van der Waals surface area contributed by atoms with Gasteiger partial charge in [-0.3, -0.25) is 0 Å². The number of hydrogen-bond acceptors (Lipinski definition) is 7. The summed E-state index contributed by atoms with van der Waals surface area (Å²) in [5, 5.41) is 22.1. The second-order valence-electron chi connectivity index (χ2n) is 3.63. The van der Waals surface area contributed by atoms with Gasteiger partial charge in [-0.2, -0.15) is 22.0 Å². The van der Waals surface area contributed by atoms with Crippen LogP contribution in [0.15, 0.2) is 12.4 Å². The van der Waals surface area contributed by atoms with Gasteiger partial charge in [0.05, 0.1) is 12.4 Å². The Labute approximate surface area is 115 Å². The fraction of sp³-hybridized carbons (Fsp3) is 0.286. The molecule has 0 spiro atoms. The average Bonchev–Trinajstić information content (AvgIpc) is 3.06. The molecular weight excluding hydrogens is 325 g/mol. The monoisotopic (exact) mass is 327 g/mol. The zero-order chi connectivity index (χ0) is 16.7. The van der Waals surface area contributed by atoms with Crippen LogP contribution < -0.4 is 0 Å². The molecule has 0 unspecified atom stereocenters. The Hall–Kier alpha value is -3.00. The standard InChI is InChI=1S/C7H2F5N7O3/c8-6(9,7(10,11)12)3-4(19(21)22)18(16-14-3)5(20)17-2-1-13-15-17/h1-2H. The number of alkyl halides is 5. The van der Waals surface area contributed by atoms with E-state index in [-0.39, 0.29) is 4.68 Å². The van der Waals surface area contributed by atoms with Crippen LogP contribution in [0.4, 0.5) is 32.6 Å². The van der Waals surface area contributed by atoms with Gasteiger partial charge >= 0.3 is 23.9 Å². The minimum Gasteiger partial charge on any atom is -0.358 e. The molecule has 0 saturated carbocycles. The van der Waals surface area contributed by atoms with Crippen molar-refractivity contribution < 1.29 is 31.7 Å². The molecule has 0 bridgehead atoms. The van der Waals surface area contributed by atoms with Gasteiger partial charge in [0.2, 0.25) is 5.69 Å². The summed E-state index contributed by atoms with van der Waals surface area (Å²) in [7, 11) is 0. The van der Waals surface area contributed by atoms with Gasteiger partial charge in [0.1, 0.15) is 0 Å². The van der Waals surface area contributed by atoms with Crippen LogP contribution in [-0.4, -0.2) is 47.1 Å². The summed E-state index contributed by atoms with van der Waals surface area (Å²) in [4.78, 5) is 20.8. The molecule has 118 valence electrons. The third kappa shape index (κ3) is 2.25. The van der Waals surface area contributed by atoms with Crippen molar-refractivity contribution in [1.82, 2.24) is 30.0 Å². The first-order valence-electron chi connectivity index (χ1n) is 5.03. The third-order valence-electron chi connectivity index (χ3n) is 2.27. The van der Waals surface area contributed by atoms with E-state index >= 15 is 0 Å². The van der Waals surface area contributed by atoms with Crippen molar-refractivity contribution >= 4 is 11.8 Å². The molecule has 0 aliphatic rings. The zero-order valence-corrected chi connectivity index (χ0v) is 9.90. The van der Waals surface area contributed by atoms with Crippen LogP contribution in [0.5, 0.6) is 0 Å². The van der Waals surface area contributed by atoms with E-state index in [1.165, 1.54) is 0 Å². The Balaban J connectivity index is 2.61.